The number of halogens is 2. The van der Waals surface area contributed by atoms with Crippen molar-refractivity contribution in [3.8, 4) is 0 Å². The maximum Gasteiger partial charge on any atom is 0.307 e. The lowest BCUT2D eigenvalue weighted by Crippen LogP contribution is -2.33. The zero-order chi connectivity index (χ0) is 29.5. The van der Waals surface area contributed by atoms with Gasteiger partial charge >= 0.3 is 5.97 Å². The summed E-state index contributed by atoms with van der Waals surface area (Å²) in [5.41, 5.74) is 8.03. The average Bonchev–Trinajstić information content (AvgIpc) is 3.79. The molecule has 1 saturated heterocycles. The highest BCUT2D eigenvalue weighted by Gasteiger charge is 2.33. The van der Waals surface area contributed by atoms with Crippen LogP contribution in [0.25, 0.3) is 10.9 Å². The van der Waals surface area contributed by atoms with E-state index in [1.54, 1.807) is 0 Å². The first-order valence-electron chi connectivity index (χ1n) is 15.0. The summed E-state index contributed by atoms with van der Waals surface area (Å²) in [6, 6.07) is 31.6. The lowest BCUT2D eigenvalue weighted by Gasteiger charge is -2.34. The predicted molar refractivity (Wildman–Crippen MR) is 174 cm³/mol. The lowest BCUT2D eigenvalue weighted by molar-refractivity contribution is -0.136. The van der Waals surface area contributed by atoms with Crippen LogP contribution >= 0.6 is 23.2 Å². The maximum atomic E-state index is 11.1. The first-order valence-corrected chi connectivity index (χ1v) is 15.8. The van der Waals surface area contributed by atoms with E-state index in [0.29, 0.717) is 12.0 Å². The molecular weight excluding hydrogens is 577 g/mol. The lowest BCUT2D eigenvalue weighted by atomic mass is 9.84. The number of piperidine rings is 1. The smallest absolute Gasteiger partial charge is 0.307 e. The molecule has 1 aliphatic carbocycles. The molecule has 7 rings (SSSR count). The number of hydrogen-bond acceptors (Lipinski definition) is 3. The van der Waals surface area contributed by atoms with Gasteiger partial charge in [0.1, 0.15) is 0 Å². The van der Waals surface area contributed by atoms with E-state index in [-0.39, 0.29) is 12.3 Å². The highest BCUT2D eigenvalue weighted by atomic mass is 35.5. The summed E-state index contributed by atoms with van der Waals surface area (Å²) >= 11 is 12.5. The molecule has 1 aliphatic heterocycles. The molecule has 1 aromatic heterocycles. The molecule has 0 radical (unpaired) electrons. The number of fused-ring (bicyclic) bond motifs is 1. The summed E-state index contributed by atoms with van der Waals surface area (Å²) in [5, 5.41) is 17.0. The van der Waals surface area contributed by atoms with Gasteiger partial charge in [-0.1, -0.05) is 65.7 Å². The highest BCUT2D eigenvalue weighted by molar-refractivity contribution is 6.30. The third-order valence-electron chi connectivity index (χ3n) is 8.93. The second kappa shape index (κ2) is 11.7. The molecule has 2 heterocycles. The number of aliphatic carboxylic acids is 1. The molecule has 43 heavy (non-hydrogen) atoms. The van der Waals surface area contributed by atoms with Gasteiger partial charge in [0.2, 0.25) is 0 Å². The fraction of sp³-hybridized carbons (Fsp3) is 0.278. The Morgan fingerprint density at radius 3 is 1.93 bits per heavy atom. The van der Waals surface area contributed by atoms with Crippen LogP contribution in [-0.4, -0.2) is 33.9 Å². The van der Waals surface area contributed by atoms with Crippen molar-refractivity contribution in [2.75, 3.05) is 18.0 Å². The van der Waals surface area contributed by atoms with Crippen molar-refractivity contribution < 1.29 is 9.90 Å². The normalized spacial score (nSPS) is 15.8. The van der Waals surface area contributed by atoms with E-state index >= 15 is 0 Å². The number of hydrogen-bond donors (Lipinski definition) is 1. The standard InChI is InChI=1S/C36H33Cl2N3O2/c37-28-8-3-24(4-9-28)35(25-5-10-29(38)11-6-25)27-7-16-33-32(22-27)36(41(39-33)31-14-15-31)26-17-19-40(20-18-26)30-12-1-23(2-13-30)21-34(42)43/h1-13,16,22,26,31,35H,14-15,17-21H2,(H,42,43). The van der Waals surface area contributed by atoms with Crippen LogP contribution in [0.15, 0.2) is 91.0 Å². The molecule has 2 aliphatic rings. The van der Waals surface area contributed by atoms with E-state index in [0.717, 1.165) is 52.7 Å². The highest BCUT2D eigenvalue weighted by Crippen LogP contribution is 2.44. The molecule has 0 atom stereocenters. The van der Waals surface area contributed by atoms with Gasteiger partial charge in [-0.15, -0.1) is 0 Å². The zero-order valence-electron chi connectivity index (χ0n) is 23.8. The molecule has 7 heteroatoms. The molecule has 0 bridgehead atoms. The second-order valence-corrected chi connectivity index (χ2v) is 12.7. The van der Waals surface area contributed by atoms with Crippen molar-refractivity contribution in [1.82, 2.24) is 9.78 Å². The number of rotatable bonds is 8. The number of aromatic nitrogens is 2. The Balaban J connectivity index is 1.22. The Morgan fingerprint density at radius 1 is 0.791 bits per heavy atom. The van der Waals surface area contributed by atoms with Gasteiger partial charge in [-0.3, -0.25) is 9.48 Å². The minimum absolute atomic E-state index is 0.0435. The summed E-state index contributed by atoms with van der Waals surface area (Å²) in [7, 11) is 0. The Kier molecular flexibility index (Phi) is 7.62. The van der Waals surface area contributed by atoms with E-state index in [9.17, 15) is 4.79 Å². The van der Waals surface area contributed by atoms with E-state index in [1.807, 2.05) is 36.4 Å². The molecule has 0 spiro atoms. The molecule has 5 aromatic rings. The molecule has 1 saturated carbocycles. The van der Waals surface area contributed by atoms with E-state index in [1.165, 1.54) is 40.6 Å². The molecule has 1 N–H and O–H groups in total. The van der Waals surface area contributed by atoms with E-state index in [2.05, 4.69) is 64.2 Å². The summed E-state index contributed by atoms with van der Waals surface area (Å²) < 4.78 is 2.34. The number of nitrogens with zero attached hydrogens (tertiary/aromatic N) is 3. The second-order valence-electron chi connectivity index (χ2n) is 11.9. The van der Waals surface area contributed by atoms with Crippen LogP contribution in [0.2, 0.25) is 10.0 Å². The molecule has 218 valence electrons. The fourth-order valence-electron chi connectivity index (χ4n) is 6.62. The fourth-order valence-corrected chi connectivity index (χ4v) is 6.87. The first-order chi connectivity index (χ1) is 20.9. The Bertz CT molecular complexity index is 1710. The van der Waals surface area contributed by atoms with E-state index in [4.69, 9.17) is 33.4 Å². The van der Waals surface area contributed by atoms with Crippen LogP contribution in [0.5, 0.6) is 0 Å². The third kappa shape index (κ3) is 5.89. The van der Waals surface area contributed by atoms with Gasteiger partial charge in [0, 0.05) is 51.7 Å². The van der Waals surface area contributed by atoms with Crippen LogP contribution in [0.4, 0.5) is 5.69 Å². The average molecular weight is 611 g/mol. The molecular formula is C36H33Cl2N3O2. The van der Waals surface area contributed by atoms with Gasteiger partial charge in [-0.25, -0.2) is 0 Å². The molecule has 5 nitrogen and oxygen atoms in total. The van der Waals surface area contributed by atoms with Crippen LogP contribution in [0.1, 0.15) is 71.5 Å². The van der Waals surface area contributed by atoms with Crippen molar-refractivity contribution in [2.24, 2.45) is 0 Å². The van der Waals surface area contributed by atoms with Gasteiger partial charge in [0.15, 0.2) is 0 Å². The predicted octanol–water partition coefficient (Wildman–Crippen LogP) is 8.87. The number of carboxylic acid groups (broad SMARTS) is 1. The van der Waals surface area contributed by atoms with Crippen molar-refractivity contribution in [2.45, 2.75) is 50.0 Å². The van der Waals surface area contributed by atoms with Crippen molar-refractivity contribution in [3.63, 3.8) is 0 Å². The summed E-state index contributed by atoms with van der Waals surface area (Å²) in [4.78, 5) is 13.5. The largest absolute Gasteiger partial charge is 0.481 e. The maximum absolute atomic E-state index is 11.1. The monoisotopic (exact) mass is 609 g/mol. The Morgan fingerprint density at radius 2 is 1.37 bits per heavy atom. The van der Waals surface area contributed by atoms with Gasteiger partial charge in [0.25, 0.3) is 0 Å². The summed E-state index contributed by atoms with van der Waals surface area (Å²) in [6.07, 6.45) is 4.53. The quantitative estimate of drug-likeness (QED) is 0.178. The van der Waals surface area contributed by atoms with Crippen LogP contribution in [0.3, 0.4) is 0 Å². The van der Waals surface area contributed by atoms with E-state index < -0.39 is 5.97 Å². The number of anilines is 1. The third-order valence-corrected chi connectivity index (χ3v) is 9.43. The van der Waals surface area contributed by atoms with Crippen LogP contribution in [0, 0.1) is 0 Å². The van der Waals surface area contributed by atoms with Crippen molar-refractivity contribution in [3.05, 3.63) is 129 Å². The first kappa shape index (κ1) is 28.0. The van der Waals surface area contributed by atoms with Crippen LogP contribution in [-0.2, 0) is 11.2 Å². The van der Waals surface area contributed by atoms with Crippen LogP contribution < -0.4 is 4.90 Å². The Labute approximate surface area is 261 Å². The topological polar surface area (TPSA) is 58.4 Å². The Hall–Kier alpha value is -3.80. The molecule has 0 unspecified atom stereocenters. The summed E-state index contributed by atoms with van der Waals surface area (Å²) in [5.74, 6) is -0.334. The van der Waals surface area contributed by atoms with Gasteiger partial charge in [-0.2, -0.15) is 5.10 Å². The molecule has 2 fully saturated rings. The molecule has 0 amide bonds. The van der Waals surface area contributed by atoms with Crippen molar-refractivity contribution >= 4 is 45.8 Å². The summed E-state index contributed by atoms with van der Waals surface area (Å²) in [6.45, 7) is 1.91. The number of benzene rings is 4. The minimum Gasteiger partial charge on any atom is -0.481 e. The number of carbonyl (C=O) groups is 1. The zero-order valence-corrected chi connectivity index (χ0v) is 25.3. The van der Waals surface area contributed by atoms with Gasteiger partial charge in [-0.05, 0) is 96.5 Å². The van der Waals surface area contributed by atoms with Gasteiger partial charge < -0.3 is 10.0 Å². The van der Waals surface area contributed by atoms with Gasteiger partial charge in [0.05, 0.1) is 18.0 Å². The SMILES string of the molecule is O=C(O)Cc1ccc(N2CCC(c3c4cc(C(c5ccc(Cl)cc5)c5ccc(Cl)cc5)ccc4nn3C3CC3)CC2)cc1. The minimum atomic E-state index is -0.802. The number of carboxylic acids is 1. The molecule has 4 aromatic carbocycles. The van der Waals surface area contributed by atoms with Crippen molar-refractivity contribution in [1.29, 1.82) is 0 Å².